The summed E-state index contributed by atoms with van der Waals surface area (Å²) < 4.78 is 5.18. The lowest BCUT2D eigenvalue weighted by atomic mass is 10.0. The van der Waals surface area contributed by atoms with Crippen molar-refractivity contribution in [3.8, 4) is 17.5 Å². The molecule has 1 saturated heterocycles. The summed E-state index contributed by atoms with van der Waals surface area (Å²) in [7, 11) is 0. The largest absolute Gasteiger partial charge is 0.472 e. The molecule has 0 amide bonds. The van der Waals surface area contributed by atoms with Crippen molar-refractivity contribution in [1.82, 2.24) is 14.9 Å². The van der Waals surface area contributed by atoms with E-state index in [1.54, 1.807) is 12.5 Å². The molecule has 0 atom stereocenters. The molecule has 6 rings (SSSR count). The number of pyridine rings is 2. The highest BCUT2D eigenvalue weighted by atomic mass is 16.3. The van der Waals surface area contributed by atoms with Crippen LogP contribution >= 0.6 is 0 Å². The molecular formula is C32H29N5O2. The first-order valence-corrected chi connectivity index (χ1v) is 13.2. The maximum Gasteiger partial charge on any atom is 0.109 e. The molecule has 0 bridgehead atoms. The Hall–Kier alpha value is -4.51. The Morgan fingerprint density at radius 1 is 0.974 bits per heavy atom. The van der Waals surface area contributed by atoms with Gasteiger partial charge >= 0.3 is 0 Å². The van der Waals surface area contributed by atoms with Gasteiger partial charge in [-0.05, 0) is 59.9 Å². The van der Waals surface area contributed by atoms with E-state index in [9.17, 15) is 10.4 Å². The summed E-state index contributed by atoms with van der Waals surface area (Å²) in [6, 6.07) is 24.4. The van der Waals surface area contributed by atoms with Crippen LogP contribution in [0.1, 0.15) is 35.1 Å². The highest BCUT2D eigenvalue weighted by Gasteiger charge is 2.19. The van der Waals surface area contributed by atoms with E-state index >= 15 is 0 Å². The monoisotopic (exact) mass is 515 g/mol. The third kappa shape index (κ3) is 5.53. The van der Waals surface area contributed by atoms with Gasteiger partial charge in [0.15, 0.2) is 0 Å². The standard InChI is InChI=1S/C32H29N5O2/c33-18-28-31(35-25-8-5-22(6-9-25)17-23-13-16-39-21-23)27-3-1-2-4-29(27)36-32(28)30-10-7-24(19-34-30)20-37-14-11-26(38)12-15-37/h1-10,13,16,19,21,26,38H,11-12,14-15,17,20H2,(H,35,36). The maximum absolute atomic E-state index is 10.3. The highest BCUT2D eigenvalue weighted by Crippen LogP contribution is 2.35. The number of aromatic nitrogens is 2. The van der Waals surface area contributed by atoms with Crippen molar-refractivity contribution in [3.05, 3.63) is 108 Å². The minimum Gasteiger partial charge on any atom is -0.472 e. The van der Waals surface area contributed by atoms with Crippen molar-refractivity contribution in [2.75, 3.05) is 18.4 Å². The number of para-hydroxylation sites is 1. The number of nitrogens with zero attached hydrogens (tertiary/aromatic N) is 4. The summed E-state index contributed by atoms with van der Waals surface area (Å²) in [4.78, 5) is 11.9. The molecule has 0 aliphatic carbocycles. The number of rotatable bonds is 7. The van der Waals surface area contributed by atoms with Gasteiger partial charge in [-0.25, -0.2) is 4.98 Å². The number of likely N-dealkylation sites (tertiary alicyclic amines) is 1. The Morgan fingerprint density at radius 3 is 2.49 bits per heavy atom. The van der Waals surface area contributed by atoms with E-state index in [1.165, 1.54) is 5.56 Å². The van der Waals surface area contributed by atoms with Gasteiger partial charge in [0.25, 0.3) is 0 Å². The number of nitrogens with one attached hydrogen (secondary N) is 1. The number of fused-ring (bicyclic) bond motifs is 1. The third-order valence-electron chi connectivity index (χ3n) is 7.25. The predicted octanol–water partition coefficient (Wildman–Crippen LogP) is 6.05. The Morgan fingerprint density at radius 2 is 1.77 bits per heavy atom. The maximum atomic E-state index is 10.3. The molecule has 2 aromatic carbocycles. The summed E-state index contributed by atoms with van der Waals surface area (Å²) in [6.07, 6.45) is 7.53. The Kier molecular flexibility index (Phi) is 7.05. The molecule has 1 fully saturated rings. The number of aliphatic hydroxyl groups excluding tert-OH is 1. The van der Waals surface area contributed by atoms with Crippen molar-refractivity contribution in [2.24, 2.45) is 0 Å². The number of anilines is 2. The zero-order chi connectivity index (χ0) is 26.6. The van der Waals surface area contributed by atoms with Crippen LogP contribution in [-0.4, -0.2) is 39.2 Å². The summed E-state index contributed by atoms with van der Waals surface area (Å²) in [5.74, 6) is 0. The first kappa shape index (κ1) is 24.8. The first-order valence-electron chi connectivity index (χ1n) is 13.2. The van der Waals surface area contributed by atoms with Crippen molar-refractivity contribution >= 4 is 22.3 Å². The number of benzene rings is 2. The van der Waals surface area contributed by atoms with Gasteiger partial charge in [-0.15, -0.1) is 0 Å². The Balaban J connectivity index is 1.30. The van der Waals surface area contributed by atoms with Gasteiger partial charge < -0.3 is 14.8 Å². The first-order chi connectivity index (χ1) is 19.2. The van der Waals surface area contributed by atoms with E-state index in [0.29, 0.717) is 17.0 Å². The molecule has 1 aliphatic rings. The fourth-order valence-corrected chi connectivity index (χ4v) is 5.11. The van der Waals surface area contributed by atoms with Crippen molar-refractivity contribution in [1.29, 1.82) is 5.26 Å². The number of aliphatic hydroxyl groups is 1. The van der Waals surface area contributed by atoms with Gasteiger partial charge in [-0.2, -0.15) is 5.26 Å². The van der Waals surface area contributed by atoms with E-state index in [-0.39, 0.29) is 6.10 Å². The van der Waals surface area contributed by atoms with Gasteiger partial charge in [0, 0.05) is 43.3 Å². The smallest absolute Gasteiger partial charge is 0.109 e. The van der Waals surface area contributed by atoms with E-state index in [1.807, 2.05) is 54.7 Å². The third-order valence-corrected chi connectivity index (χ3v) is 7.25. The lowest BCUT2D eigenvalue weighted by molar-refractivity contribution is 0.0792. The minimum atomic E-state index is -0.187. The summed E-state index contributed by atoms with van der Waals surface area (Å²) >= 11 is 0. The van der Waals surface area contributed by atoms with Crippen LogP contribution in [0.25, 0.3) is 22.3 Å². The van der Waals surface area contributed by atoms with Gasteiger partial charge in [0.1, 0.15) is 17.3 Å². The Labute approximate surface area is 227 Å². The quantitative estimate of drug-likeness (QED) is 0.272. The van der Waals surface area contributed by atoms with E-state index in [0.717, 1.165) is 72.3 Å². The number of furan rings is 1. The number of hydrogen-bond acceptors (Lipinski definition) is 7. The van der Waals surface area contributed by atoms with Crippen LogP contribution in [0.2, 0.25) is 0 Å². The molecular weight excluding hydrogens is 486 g/mol. The summed E-state index contributed by atoms with van der Waals surface area (Å²) in [5.41, 5.74) is 7.48. The van der Waals surface area contributed by atoms with E-state index in [4.69, 9.17) is 14.4 Å². The second-order valence-electron chi connectivity index (χ2n) is 10.0. The van der Waals surface area contributed by atoms with Crippen molar-refractivity contribution in [3.63, 3.8) is 0 Å². The number of hydrogen-bond donors (Lipinski definition) is 2. The Bertz CT molecular complexity index is 1600. The lowest BCUT2D eigenvalue weighted by Crippen LogP contribution is -2.35. The fourth-order valence-electron chi connectivity index (χ4n) is 5.11. The summed E-state index contributed by atoms with van der Waals surface area (Å²) in [6.45, 7) is 2.56. The van der Waals surface area contributed by atoms with Crippen LogP contribution in [0, 0.1) is 11.3 Å². The van der Waals surface area contributed by atoms with Crippen LogP contribution in [0.5, 0.6) is 0 Å². The average Bonchev–Trinajstić information content (AvgIpc) is 3.49. The second-order valence-corrected chi connectivity index (χ2v) is 10.0. The highest BCUT2D eigenvalue weighted by molar-refractivity contribution is 5.99. The van der Waals surface area contributed by atoms with Gasteiger partial charge in [-0.3, -0.25) is 9.88 Å². The molecule has 4 heterocycles. The molecule has 0 radical (unpaired) electrons. The summed E-state index contributed by atoms with van der Waals surface area (Å²) in [5, 5.41) is 24.4. The zero-order valence-corrected chi connectivity index (χ0v) is 21.5. The van der Waals surface area contributed by atoms with Crippen LogP contribution in [0.15, 0.2) is 89.9 Å². The second kappa shape index (κ2) is 11.1. The van der Waals surface area contributed by atoms with Crippen LogP contribution in [0.4, 0.5) is 11.4 Å². The fraction of sp³-hybridized carbons (Fsp3) is 0.219. The molecule has 0 unspecified atom stereocenters. The molecule has 0 spiro atoms. The predicted molar refractivity (Wildman–Crippen MR) is 151 cm³/mol. The average molecular weight is 516 g/mol. The topological polar surface area (TPSA) is 98.2 Å². The van der Waals surface area contributed by atoms with Gasteiger partial charge in [0.2, 0.25) is 0 Å². The SMILES string of the molecule is N#Cc1c(-c2ccc(CN3CCC(O)CC3)cn2)nc2ccccc2c1Nc1ccc(Cc2ccoc2)cc1. The van der Waals surface area contributed by atoms with Crippen LogP contribution in [-0.2, 0) is 13.0 Å². The zero-order valence-electron chi connectivity index (χ0n) is 21.5. The molecule has 2 N–H and O–H groups in total. The molecule has 7 heteroatoms. The minimum absolute atomic E-state index is 0.187. The van der Waals surface area contributed by atoms with Crippen molar-refractivity contribution in [2.45, 2.75) is 31.9 Å². The number of nitriles is 1. The van der Waals surface area contributed by atoms with E-state index < -0.39 is 0 Å². The normalized spacial score (nSPS) is 14.4. The molecule has 194 valence electrons. The number of piperidine rings is 1. The molecule has 5 aromatic rings. The van der Waals surface area contributed by atoms with Crippen molar-refractivity contribution < 1.29 is 9.52 Å². The molecule has 1 aliphatic heterocycles. The van der Waals surface area contributed by atoms with Gasteiger partial charge in [0.05, 0.1) is 35.5 Å². The lowest BCUT2D eigenvalue weighted by Gasteiger charge is -2.29. The molecule has 39 heavy (non-hydrogen) atoms. The molecule has 7 nitrogen and oxygen atoms in total. The van der Waals surface area contributed by atoms with Crippen LogP contribution < -0.4 is 5.32 Å². The molecule has 0 saturated carbocycles. The van der Waals surface area contributed by atoms with Crippen LogP contribution in [0.3, 0.4) is 0 Å². The molecule has 3 aromatic heterocycles. The van der Waals surface area contributed by atoms with Gasteiger partial charge in [-0.1, -0.05) is 36.4 Å². The van der Waals surface area contributed by atoms with E-state index in [2.05, 4.69) is 34.5 Å².